The SMILES string of the molecule is Cc1ccc(/C=N\NC(=O)c2ccccc2OCc2ccc(F)cc2)o1. The van der Waals surface area contributed by atoms with Crippen molar-refractivity contribution >= 4 is 12.1 Å². The molecule has 0 spiro atoms. The second-order valence-electron chi connectivity index (χ2n) is 5.56. The monoisotopic (exact) mass is 352 g/mol. The number of benzene rings is 2. The molecule has 5 nitrogen and oxygen atoms in total. The van der Waals surface area contributed by atoms with Gasteiger partial charge in [-0.2, -0.15) is 5.10 Å². The number of rotatable bonds is 6. The summed E-state index contributed by atoms with van der Waals surface area (Å²) in [5, 5.41) is 3.88. The van der Waals surface area contributed by atoms with Crippen LogP contribution in [0.1, 0.15) is 27.4 Å². The zero-order valence-corrected chi connectivity index (χ0v) is 14.1. The first-order valence-corrected chi connectivity index (χ1v) is 7.98. The molecule has 0 aliphatic rings. The van der Waals surface area contributed by atoms with Gasteiger partial charge in [-0.3, -0.25) is 4.79 Å². The highest BCUT2D eigenvalue weighted by Gasteiger charge is 2.11. The molecule has 132 valence electrons. The van der Waals surface area contributed by atoms with E-state index in [1.54, 1.807) is 42.5 Å². The van der Waals surface area contributed by atoms with E-state index in [9.17, 15) is 9.18 Å². The number of para-hydroxylation sites is 1. The van der Waals surface area contributed by atoms with E-state index in [0.29, 0.717) is 17.1 Å². The summed E-state index contributed by atoms with van der Waals surface area (Å²) in [4.78, 5) is 12.3. The van der Waals surface area contributed by atoms with Gasteiger partial charge in [-0.15, -0.1) is 0 Å². The number of aryl methyl sites for hydroxylation is 1. The molecule has 0 fully saturated rings. The summed E-state index contributed by atoms with van der Waals surface area (Å²) < 4.78 is 24.0. The van der Waals surface area contributed by atoms with Crippen LogP contribution in [0.15, 0.2) is 70.2 Å². The Morgan fingerprint density at radius 3 is 2.65 bits per heavy atom. The molecule has 1 N–H and O–H groups in total. The van der Waals surface area contributed by atoms with Crippen LogP contribution in [0.4, 0.5) is 4.39 Å². The van der Waals surface area contributed by atoms with Gasteiger partial charge in [0, 0.05) is 0 Å². The quantitative estimate of drug-likeness (QED) is 0.537. The zero-order chi connectivity index (χ0) is 18.4. The maximum absolute atomic E-state index is 12.9. The molecular formula is C20H17FN2O3. The normalized spacial score (nSPS) is 10.8. The minimum absolute atomic E-state index is 0.222. The average Bonchev–Trinajstić information content (AvgIpc) is 3.06. The third-order valence-electron chi connectivity index (χ3n) is 3.56. The molecule has 0 aliphatic heterocycles. The van der Waals surface area contributed by atoms with E-state index in [1.807, 2.05) is 13.0 Å². The van der Waals surface area contributed by atoms with Crippen LogP contribution < -0.4 is 10.2 Å². The Morgan fingerprint density at radius 1 is 1.15 bits per heavy atom. The van der Waals surface area contributed by atoms with Crippen LogP contribution in [0.5, 0.6) is 5.75 Å². The number of furan rings is 1. The van der Waals surface area contributed by atoms with Crippen LogP contribution in [0.3, 0.4) is 0 Å². The maximum Gasteiger partial charge on any atom is 0.275 e. The molecule has 1 heterocycles. The van der Waals surface area contributed by atoms with Crippen LogP contribution in [0.2, 0.25) is 0 Å². The van der Waals surface area contributed by atoms with Gasteiger partial charge in [-0.1, -0.05) is 24.3 Å². The van der Waals surface area contributed by atoms with Crippen molar-refractivity contribution < 1.29 is 18.3 Å². The fourth-order valence-electron chi connectivity index (χ4n) is 2.26. The number of carbonyl (C=O) groups is 1. The second kappa shape index (κ2) is 8.11. The van der Waals surface area contributed by atoms with Gasteiger partial charge in [0.2, 0.25) is 0 Å². The smallest absolute Gasteiger partial charge is 0.275 e. The van der Waals surface area contributed by atoms with Gasteiger partial charge < -0.3 is 9.15 Å². The molecule has 0 saturated carbocycles. The molecule has 0 radical (unpaired) electrons. The third kappa shape index (κ3) is 4.57. The van der Waals surface area contributed by atoms with Crippen LogP contribution in [0, 0.1) is 12.7 Å². The van der Waals surface area contributed by atoms with Gasteiger partial charge in [-0.05, 0) is 48.9 Å². The third-order valence-corrected chi connectivity index (χ3v) is 3.56. The molecule has 6 heteroatoms. The van der Waals surface area contributed by atoms with Crippen molar-refractivity contribution in [1.29, 1.82) is 0 Å². The number of nitrogens with zero attached hydrogens (tertiary/aromatic N) is 1. The van der Waals surface area contributed by atoms with Crippen LogP contribution in [-0.4, -0.2) is 12.1 Å². The van der Waals surface area contributed by atoms with Gasteiger partial charge >= 0.3 is 0 Å². The standard InChI is InChI=1S/C20H17FN2O3/c1-14-6-11-17(26-14)12-22-23-20(24)18-4-2-3-5-19(18)25-13-15-7-9-16(21)10-8-15/h2-12H,13H2,1H3,(H,23,24)/b22-12-. The number of amides is 1. The molecule has 0 atom stereocenters. The summed E-state index contributed by atoms with van der Waals surface area (Å²) in [5.41, 5.74) is 3.59. The lowest BCUT2D eigenvalue weighted by Gasteiger charge is -2.10. The highest BCUT2D eigenvalue weighted by Crippen LogP contribution is 2.19. The van der Waals surface area contributed by atoms with Crippen molar-refractivity contribution in [2.75, 3.05) is 0 Å². The number of nitrogens with one attached hydrogen (secondary N) is 1. The Balaban J connectivity index is 1.64. The minimum atomic E-state index is -0.403. The summed E-state index contributed by atoms with van der Waals surface area (Å²) in [5.74, 6) is 1.01. The van der Waals surface area contributed by atoms with Gasteiger partial charge in [0.05, 0.1) is 11.8 Å². The van der Waals surface area contributed by atoms with Crippen molar-refractivity contribution in [2.24, 2.45) is 5.10 Å². The Labute approximate surface area is 150 Å². The number of hydrogen-bond acceptors (Lipinski definition) is 4. The van der Waals surface area contributed by atoms with Gasteiger partial charge in [-0.25, -0.2) is 9.82 Å². The summed E-state index contributed by atoms with van der Waals surface area (Å²) in [6.45, 7) is 2.05. The van der Waals surface area contributed by atoms with E-state index in [0.717, 1.165) is 11.3 Å². The molecule has 1 amide bonds. The first kappa shape index (κ1) is 17.4. The van der Waals surface area contributed by atoms with E-state index in [4.69, 9.17) is 9.15 Å². The summed E-state index contributed by atoms with van der Waals surface area (Å²) in [7, 11) is 0. The van der Waals surface area contributed by atoms with E-state index in [-0.39, 0.29) is 12.4 Å². The Kier molecular flexibility index (Phi) is 5.43. The predicted octanol–water partition coefficient (Wildman–Crippen LogP) is 4.07. The van der Waals surface area contributed by atoms with Crippen molar-refractivity contribution in [2.45, 2.75) is 13.5 Å². The first-order chi connectivity index (χ1) is 12.6. The Bertz CT molecular complexity index is 917. The van der Waals surface area contributed by atoms with E-state index >= 15 is 0 Å². The Morgan fingerprint density at radius 2 is 1.92 bits per heavy atom. The van der Waals surface area contributed by atoms with Crippen molar-refractivity contribution in [3.8, 4) is 5.75 Å². The average molecular weight is 352 g/mol. The molecule has 26 heavy (non-hydrogen) atoms. The fraction of sp³-hybridized carbons (Fsp3) is 0.100. The zero-order valence-electron chi connectivity index (χ0n) is 14.1. The van der Waals surface area contributed by atoms with Crippen molar-refractivity contribution in [3.05, 3.63) is 89.1 Å². The lowest BCUT2D eigenvalue weighted by atomic mass is 10.2. The first-order valence-electron chi connectivity index (χ1n) is 7.98. The van der Waals surface area contributed by atoms with Crippen LogP contribution in [0.25, 0.3) is 0 Å². The number of hydrazone groups is 1. The molecule has 1 aromatic heterocycles. The number of hydrogen-bond donors (Lipinski definition) is 1. The molecule has 3 aromatic rings. The van der Waals surface area contributed by atoms with Gasteiger partial charge in [0.25, 0.3) is 5.91 Å². The molecule has 0 unspecified atom stereocenters. The predicted molar refractivity (Wildman–Crippen MR) is 95.7 cm³/mol. The van der Waals surface area contributed by atoms with E-state index in [1.165, 1.54) is 18.3 Å². The molecule has 0 saturated heterocycles. The van der Waals surface area contributed by atoms with E-state index < -0.39 is 5.91 Å². The molecule has 0 bridgehead atoms. The van der Waals surface area contributed by atoms with E-state index in [2.05, 4.69) is 10.5 Å². The molecule has 2 aromatic carbocycles. The topological polar surface area (TPSA) is 63.8 Å². The van der Waals surface area contributed by atoms with Gasteiger partial charge in [0.15, 0.2) is 0 Å². The number of ether oxygens (including phenoxy) is 1. The maximum atomic E-state index is 12.9. The minimum Gasteiger partial charge on any atom is -0.488 e. The molecular weight excluding hydrogens is 335 g/mol. The van der Waals surface area contributed by atoms with Crippen LogP contribution in [-0.2, 0) is 6.61 Å². The fourth-order valence-corrected chi connectivity index (χ4v) is 2.26. The lowest BCUT2D eigenvalue weighted by molar-refractivity contribution is 0.0950. The summed E-state index contributed by atoms with van der Waals surface area (Å²) in [6, 6.07) is 16.4. The number of halogens is 1. The molecule has 0 aliphatic carbocycles. The van der Waals surface area contributed by atoms with Crippen molar-refractivity contribution in [1.82, 2.24) is 5.43 Å². The highest BCUT2D eigenvalue weighted by atomic mass is 19.1. The number of carbonyl (C=O) groups excluding carboxylic acids is 1. The summed E-state index contributed by atoms with van der Waals surface area (Å²) >= 11 is 0. The van der Waals surface area contributed by atoms with Crippen molar-refractivity contribution in [3.63, 3.8) is 0 Å². The Hall–Kier alpha value is -3.41. The van der Waals surface area contributed by atoms with Crippen LogP contribution >= 0.6 is 0 Å². The largest absolute Gasteiger partial charge is 0.488 e. The van der Waals surface area contributed by atoms with Gasteiger partial charge in [0.1, 0.15) is 29.7 Å². The highest BCUT2D eigenvalue weighted by molar-refractivity contribution is 5.97. The lowest BCUT2D eigenvalue weighted by Crippen LogP contribution is -2.18. The molecule has 3 rings (SSSR count). The second-order valence-corrected chi connectivity index (χ2v) is 5.56. The summed E-state index contributed by atoms with van der Waals surface area (Å²) in [6.07, 6.45) is 1.42.